The van der Waals surface area contributed by atoms with Crippen molar-refractivity contribution in [1.82, 2.24) is 4.98 Å². The number of benzene rings is 2. The second-order valence-corrected chi connectivity index (χ2v) is 5.20. The highest BCUT2D eigenvalue weighted by Crippen LogP contribution is 2.20. The molecule has 3 aromatic rings. The SMILES string of the molecule is CCCC(=O)Nc1ccc(-c2nc3ccccc3c(=O)o2)cc1. The molecule has 5 nitrogen and oxygen atoms in total. The molecule has 0 aliphatic rings. The van der Waals surface area contributed by atoms with Gasteiger partial charge in [-0.1, -0.05) is 19.1 Å². The van der Waals surface area contributed by atoms with E-state index in [9.17, 15) is 9.59 Å². The van der Waals surface area contributed by atoms with Gasteiger partial charge < -0.3 is 9.73 Å². The maximum Gasteiger partial charge on any atom is 0.347 e. The monoisotopic (exact) mass is 308 g/mol. The van der Waals surface area contributed by atoms with Crippen molar-refractivity contribution >= 4 is 22.5 Å². The number of carbonyl (C=O) groups excluding carboxylic acids is 1. The number of carbonyl (C=O) groups is 1. The Kier molecular flexibility index (Phi) is 4.19. The number of nitrogens with one attached hydrogen (secondary N) is 1. The second-order valence-electron chi connectivity index (χ2n) is 5.20. The molecule has 0 atom stereocenters. The van der Waals surface area contributed by atoms with Crippen molar-refractivity contribution < 1.29 is 9.21 Å². The minimum absolute atomic E-state index is 0.0180. The normalized spacial score (nSPS) is 10.7. The van der Waals surface area contributed by atoms with Gasteiger partial charge in [0.25, 0.3) is 0 Å². The summed E-state index contributed by atoms with van der Waals surface area (Å²) < 4.78 is 5.28. The molecule has 5 heteroatoms. The number of para-hydroxylation sites is 1. The molecule has 116 valence electrons. The minimum Gasteiger partial charge on any atom is -0.403 e. The maximum atomic E-state index is 12.0. The molecule has 0 aliphatic carbocycles. The van der Waals surface area contributed by atoms with E-state index in [2.05, 4.69) is 10.3 Å². The third kappa shape index (κ3) is 3.29. The van der Waals surface area contributed by atoms with Gasteiger partial charge in [-0.25, -0.2) is 9.78 Å². The summed E-state index contributed by atoms with van der Waals surface area (Å²) in [6.07, 6.45) is 1.29. The number of amides is 1. The highest BCUT2D eigenvalue weighted by Gasteiger charge is 2.08. The molecule has 0 bridgehead atoms. The first-order valence-electron chi connectivity index (χ1n) is 7.47. The number of nitrogens with zero attached hydrogens (tertiary/aromatic N) is 1. The van der Waals surface area contributed by atoms with Crippen LogP contribution < -0.4 is 10.9 Å². The Morgan fingerprint density at radius 1 is 1.13 bits per heavy atom. The van der Waals surface area contributed by atoms with Gasteiger partial charge in [0, 0.05) is 17.7 Å². The van der Waals surface area contributed by atoms with E-state index in [1.165, 1.54) is 0 Å². The third-order valence-corrected chi connectivity index (χ3v) is 3.43. The van der Waals surface area contributed by atoms with Crippen molar-refractivity contribution in [3.63, 3.8) is 0 Å². The minimum atomic E-state index is -0.411. The zero-order chi connectivity index (χ0) is 16.2. The van der Waals surface area contributed by atoms with Crippen LogP contribution in [0, 0.1) is 0 Å². The summed E-state index contributed by atoms with van der Waals surface area (Å²) in [4.78, 5) is 27.9. The quantitative estimate of drug-likeness (QED) is 0.799. The van der Waals surface area contributed by atoms with E-state index in [-0.39, 0.29) is 11.8 Å². The van der Waals surface area contributed by atoms with Crippen LogP contribution in [0.25, 0.3) is 22.4 Å². The maximum absolute atomic E-state index is 12.0. The zero-order valence-electron chi connectivity index (χ0n) is 12.7. The van der Waals surface area contributed by atoms with Gasteiger partial charge in [0.2, 0.25) is 11.8 Å². The molecule has 0 saturated carbocycles. The lowest BCUT2D eigenvalue weighted by Crippen LogP contribution is -2.10. The molecule has 0 aliphatic heterocycles. The number of rotatable bonds is 4. The van der Waals surface area contributed by atoms with Crippen LogP contribution in [0.5, 0.6) is 0 Å². The van der Waals surface area contributed by atoms with Gasteiger partial charge >= 0.3 is 5.63 Å². The van der Waals surface area contributed by atoms with Gasteiger partial charge in [-0.15, -0.1) is 0 Å². The molecule has 1 heterocycles. The number of hydrogen-bond donors (Lipinski definition) is 1. The van der Waals surface area contributed by atoms with Gasteiger partial charge in [-0.3, -0.25) is 4.79 Å². The lowest BCUT2D eigenvalue weighted by molar-refractivity contribution is -0.116. The van der Waals surface area contributed by atoms with E-state index in [0.717, 1.165) is 6.42 Å². The van der Waals surface area contributed by atoms with Crippen LogP contribution in [0.3, 0.4) is 0 Å². The summed E-state index contributed by atoms with van der Waals surface area (Å²) in [5.74, 6) is 0.246. The lowest BCUT2D eigenvalue weighted by Gasteiger charge is -2.05. The topological polar surface area (TPSA) is 72.2 Å². The summed E-state index contributed by atoms with van der Waals surface area (Å²) in [7, 11) is 0. The van der Waals surface area contributed by atoms with Gasteiger partial charge in [-0.2, -0.15) is 0 Å². The molecule has 23 heavy (non-hydrogen) atoms. The van der Waals surface area contributed by atoms with Crippen LogP contribution in [0.2, 0.25) is 0 Å². The molecule has 1 N–H and O–H groups in total. The van der Waals surface area contributed by atoms with E-state index in [4.69, 9.17) is 4.42 Å². The van der Waals surface area contributed by atoms with Crippen LogP contribution in [0.15, 0.2) is 57.7 Å². The van der Waals surface area contributed by atoms with E-state index >= 15 is 0 Å². The average Bonchev–Trinajstić information content (AvgIpc) is 2.56. The fourth-order valence-electron chi connectivity index (χ4n) is 2.29. The summed E-state index contributed by atoms with van der Waals surface area (Å²) in [6.45, 7) is 1.95. The third-order valence-electron chi connectivity index (χ3n) is 3.43. The fraction of sp³-hybridized carbons (Fsp3) is 0.167. The van der Waals surface area contributed by atoms with Crippen LogP contribution in [0.4, 0.5) is 5.69 Å². The summed E-state index contributed by atoms with van der Waals surface area (Å²) >= 11 is 0. The Bertz CT molecular complexity index is 898. The molecule has 0 radical (unpaired) electrons. The van der Waals surface area contributed by atoms with E-state index in [1.807, 2.05) is 13.0 Å². The van der Waals surface area contributed by atoms with Gasteiger partial charge in [0.15, 0.2) is 0 Å². The van der Waals surface area contributed by atoms with Crippen LogP contribution in [-0.2, 0) is 4.79 Å². The highest BCUT2D eigenvalue weighted by molar-refractivity contribution is 5.90. The summed E-state index contributed by atoms with van der Waals surface area (Å²) in [5, 5.41) is 3.27. The Balaban J connectivity index is 1.90. The largest absolute Gasteiger partial charge is 0.403 e. The Hall–Kier alpha value is -2.95. The van der Waals surface area contributed by atoms with Crippen LogP contribution >= 0.6 is 0 Å². The van der Waals surface area contributed by atoms with Crippen molar-refractivity contribution in [2.24, 2.45) is 0 Å². The first-order chi connectivity index (χ1) is 11.2. The highest BCUT2D eigenvalue weighted by atomic mass is 16.4. The summed E-state index contributed by atoms with van der Waals surface area (Å²) in [5.41, 5.74) is 1.57. The van der Waals surface area contributed by atoms with Crippen LogP contribution in [-0.4, -0.2) is 10.9 Å². The standard InChI is InChI=1S/C18H16N2O3/c1-2-5-16(21)19-13-10-8-12(9-11-13)17-20-15-7-4-3-6-14(15)18(22)23-17/h3-4,6-11H,2,5H2,1H3,(H,19,21). The number of aromatic nitrogens is 1. The van der Waals surface area contributed by atoms with Gasteiger partial charge in [0.05, 0.1) is 10.9 Å². The zero-order valence-corrected chi connectivity index (χ0v) is 12.7. The predicted molar refractivity (Wildman–Crippen MR) is 89.3 cm³/mol. The number of anilines is 1. The lowest BCUT2D eigenvalue weighted by atomic mass is 10.2. The molecule has 1 amide bonds. The van der Waals surface area contributed by atoms with Crippen molar-refractivity contribution in [3.05, 3.63) is 59.0 Å². The van der Waals surface area contributed by atoms with E-state index < -0.39 is 5.63 Å². The van der Waals surface area contributed by atoms with Crippen molar-refractivity contribution in [2.45, 2.75) is 19.8 Å². The second kappa shape index (κ2) is 6.44. The molecule has 0 fully saturated rings. The molecular weight excluding hydrogens is 292 g/mol. The molecule has 0 spiro atoms. The van der Waals surface area contributed by atoms with Crippen molar-refractivity contribution in [2.75, 3.05) is 5.32 Å². The average molecular weight is 308 g/mol. The Labute approximate surface area is 133 Å². The first kappa shape index (κ1) is 15.0. The van der Waals surface area contributed by atoms with Crippen molar-refractivity contribution in [3.8, 4) is 11.5 Å². The van der Waals surface area contributed by atoms with E-state index in [0.29, 0.717) is 28.6 Å². The molecule has 1 aromatic heterocycles. The summed E-state index contributed by atoms with van der Waals surface area (Å²) in [6, 6.07) is 14.1. The van der Waals surface area contributed by atoms with Gasteiger partial charge in [0.1, 0.15) is 0 Å². The predicted octanol–water partition coefficient (Wildman–Crippen LogP) is 3.59. The van der Waals surface area contributed by atoms with Gasteiger partial charge in [-0.05, 0) is 42.8 Å². The van der Waals surface area contributed by atoms with Crippen LogP contribution in [0.1, 0.15) is 19.8 Å². The molecule has 0 saturated heterocycles. The number of hydrogen-bond acceptors (Lipinski definition) is 4. The van der Waals surface area contributed by atoms with E-state index in [1.54, 1.807) is 42.5 Å². The Morgan fingerprint density at radius 3 is 2.61 bits per heavy atom. The molecular formula is C18H16N2O3. The molecule has 0 unspecified atom stereocenters. The fourth-order valence-corrected chi connectivity index (χ4v) is 2.29. The smallest absolute Gasteiger partial charge is 0.347 e. The molecule has 2 aromatic carbocycles. The van der Waals surface area contributed by atoms with Crippen molar-refractivity contribution in [1.29, 1.82) is 0 Å². The Morgan fingerprint density at radius 2 is 1.87 bits per heavy atom. The number of fused-ring (bicyclic) bond motifs is 1. The molecule has 3 rings (SSSR count). The first-order valence-corrected chi connectivity index (χ1v) is 7.47.